The minimum Gasteiger partial charge on any atom is -0.398 e. The molecular weight excluding hydrogens is 261 g/mol. The largest absolute Gasteiger partial charge is 0.398 e. The van der Waals surface area contributed by atoms with Gasteiger partial charge in [-0.25, -0.2) is 9.07 Å². The summed E-state index contributed by atoms with van der Waals surface area (Å²) in [5.74, 6) is 0.202. The summed E-state index contributed by atoms with van der Waals surface area (Å²) in [5.41, 5.74) is 6.83. The normalized spacial score (nSPS) is 21.7. The molecule has 0 bridgehead atoms. The number of ether oxygens (including phenoxy) is 1. The summed E-state index contributed by atoms with van der Waals surface area (Å²) in [4.78, 5) is 0. The number of hydrogen-bond acceptors (Lipinski definition) is 5. The summed E-state index contributed by atoms with van der Waals surface area (Å²) in [5, 5.41) is 11.7. The van der Waals surface area contributed by atoms with Crippen molar-refractivity contribution in [2.75, 3.05) is 12.3 Å². The third-order valence-corrected chi connectivity index (χ3v) is 3.57. The number of nitrogens with two attached hydrogens (primary N) is 1. The van der Waals surface area contributed by atoms with E-state index in [2.05, 4.69) is 15.5 Å². The van der Waals surface area contributed by atoms with Gasteiger partial charge in [-0.2, -0.15) is 0 Å². The van der Waals surface area contributed by atoms with Crippen molar-refractivity contribution in [1.29, 1.82) is 0 Å². The van der Waals surface area contributed by atoms with Crippen LogP contribution in [0.4, 0.5) is 10.1 Å². The molecule has 6 nitrogen and oxygen atoms in total. The van der Waals surface area contributed by atoms with Crippen LogP contribution in [0.1, 0.15) is 25.8 Å². The lowest BCUT2D eigenvalue weighted by Gasteiger charge is -2.34. The lowest BCUT2D eigenvalue weighted by Crippen LogP contribution is -2.34. The first-order chi connectivity index (χ1) is 9.69. The maximum absolute atomic E-state index is 13.1. The highest BCUT2D eigenvalue weighted by molar-refractivity contribution is 5.71. The first-order valence-corrected chi connectivity index (χ1v) is 6.64. The van der Waals surface area contributed by atoms with Gasteiger partial charge in [-0.1, -0.05) is 0 Å². The van der Waals surface area contributed by atoms with E-state index in [-0.39, 0.29) is 18.0 Å². The molecule has 7 heteroatoms. The Kier molecular flexibility index (Phi) is 3.35. The number of benzene rings is 1. The molecule has 0 aliphatic heterocycles. The summed E-state index contributed by atoms with van der Waals surface area (Å²) >= 11 is 0. The summed E-state index contributed by atoms with van der Waals surface area (Å²) < 4.78 is 20.4. The van der Waals surface area contributed by atoms with Gasteiger partial charge in [0.1, 0.15) is 5.82 Å². The molecule has 0 amide bonds. The third-order valence-electron chi connectivity index (χ3n) is 3.57. The summed E-state index contributed by atoms with van der Waals surface area (Å²) in [6.45, 7) is 2.69. The number of rotatable bonds is 4. The van der Waals surface area contributed by atoms with E-state index in [1.807, 2.05) is 6.92 Å². The zero-order chi connectivity index (χ0) is 14.1. The molecule has 20 heavy (non-hydrogen) atoms. The maximum Gasteiger partial charge on any atom is 0.184 e. The van der Waals surface area contributed by atoms with Crippen molar-refractivity contribution in [2.45, 2.75) is 31.9 Å². The van der Waals surface area contributed by atoms with Crippen molar-refractivity contribution in [3.05, 3.63) is 24.0 Å². The molecule has 0 spiro atoms. The molecule has 106 valence electrons. The van der Waals surface area contributed by atoms with E-state index in [1.54, 1.807) is 10.7 Å². The number of anilines is 1. The molecule has 0 radical (unpaired) electrons. The van der Waals surface area contributed by atoms with E-state index in [9.17, 15) is 4.39 Å². The first-order valence-electron chi connectivity index (χ1n) is 6.64. The molecular formula is C13H16FN5O. The summed E-state index contributed by atoms with van der Waals surface area (Å²) in [6.07, 6.45) is 2.03. The van der Waals surface area contributed by atoms with Gasteiger partial charge in [0.15, 0.2) is 5.82 Å². The van der Waals surface area contributed by atoms with Crippen molar-refractivity contribution >= 4 is 5.69 Å². The van der Waals surface area contributed by atoms with Crippen molar-refractivity contribution in [3.63, 3.8) is 0 Å². The highest BCUT2D eigenvalue weighted by Crippen LogP contribution is 2.37. The Balaban J connectivity index is 1.84. The molecule has 2 N–H and O–H groups in total. The molecule has 1 fully saturated rings. The fourth-order valence-electron chi connectivity index (χ4n) is 2.46. The van der Waals surface area contributed by atoms with Crippen LogP contribution in [-0.2, 0) is 4.74 Å². The number of hydrogen-bond donors (Lipinski definition) is 1. The smallest absolute Gasteiger partial charge is 0.184 e. The van der Waals surface area contributed by atoms with Gasteiger partial charge < -0.3 is 10.5 Å². The van der Waals surface area contributed by atoms with E-state index in [0.717, 1.165) is 12.8 Å². The monoisotopic (exact) mass is 277 g/mol. The van der Waals surface area contributed by atoms with Crippen LogP contribution in [-0.4, -0.2) is 32.9 Å². The maximum atomic E-state index is 13.1. The zero-order valence-electron chi connectivity index (χ0n) is 11.2. The summed E-state index contributed by atoms with van der Waals surface area (Å²) in [6, 6.07) is 4.44. The average molecular weight is 277 g/mol. The van der Waals surface area contributed by atoms with Crippen LogP contribution < -0.4 is 5.73 Å². The lowest BCUT2D eigenvalue weighted by molar-refractivity contribution is -0.0227. The van der Waals surface area contributed by atoms with Crippen LogP contribution in [0, 0.1) is 5.82 Å². The predicted octanol–water partition coefficient (Wildman–Crippen LogP) is 1.80. The number of nitrogen functional groups attached to an aromatic ring is 1. The minimum atomic E-state index is -0.370. The fraction of sp³-hybridized carbons (Fsp3) is 0.462. The molecule has 1 heterocycles. The Morgan fingerprint density at radius 2 is 2.25 bits per heavy atom. The number of halogens is 1. The average Bonchev–Trinajstić information content (AvgIpc) is 2.82. The first kappa shape index (κ1) is 13.0. The fourth-order valence-corrected chi connectivity index (χ4v) is 2.46. The van der Waals surface area contributed by atoms with E-state index >= 15 is 0 Å². The minimum absolute atomic E-state index is 0.209. The van der Waals surface area contributed by atoms with Gasteiger partial charge in [-0.05, 0) is 48.4 Å². The zero-order valence-corrected chi connectivity index (χ0v) is 11.2. The van der Waals surface area contributed by atoms with Crippen LogP contribution >= 0.6 is 0 Å². The van der Waals surface area contributed by atoms with Crippen molar-refractivity contribution in [2.24, 2.45) is 0 Å². The molecule has 1 aromatic carbocycles. The van der Waals surface area contributed by atoms with Gasteiger partial charge in [-0.3, -0.25) is 0 Å². The molecule has 1 aliphatic carbocycles. The highest BCUT2D eigenvalue weighted by atomic mass is 19.1. The van der Waals surface area contributed by atoms with E-state index in [0.29, 0.717) is 23.7 Å². The van der Waals surface area contributed by atoms with Gasteiger partial charge in [0.25, 0.3) is 0 Å². The third kappa shape index (κ3) is 2.24. The topological polar surface area (TPSA) is 78.8 Å². The van der Waals surface area contributed by atoms with Crippen molar-refractivity contribution in [1.82, 2.24) is 20.2 Å². The number of nitrogens with zero attached hydrogens (tertiary/aromatic N) is 4. The van der Waals surface area contributed by atoms with Crippen LogP contribution in [0.15, 0.2) is 18.2 Å². The second-order valence-electron chi connectivity index (χ2n) is 4.88. The van der Waals surface area contributed by atoms with Crippen LogP contribution in [0.2, 0.25) is 0 Å². The Morgan fingerprint density at radius 3 is 2.95 bits per heavy atom. The Hall–Kier alpha value is -2.02. The van der Waals surface area contributed by atoms with E-state index in [4.69, 9.17) is 10.5 Å². The molecule has 3 rings (SSSR count). The molecule has 0 atom stereocenters. The van der Waals surface area contributed by atoms with Crippen molar-refractivity contribution in [3.8, 4) is 11.4 Å². The highest BCUT2D eigenvalue weighted by Gasteiger charge is 2.34. The number of aromatic nitrogens is 4. The van der Waals surface area contributed by atoms with Gasteiger partial charge in [-0.15, -0.1) is 5.10 Å². The van der Waals surface area contributed by atoms with Gasteiger partial charge in [0, 0.05) is 17.9 Å². The molecule has 0 unspecified atom stereocenters. The summed E-state index contributed by atoms with van der Waals surface area (Å²) in [7, 11) is 0. The predicted molar refractivity (Wildman–Crippen MR) is 71.3 cm³/mol. The quantitative estimate of drug-likeness (QED) is 0.862. The van der Waals surface area contributed by atoms with Crippen LogP contribution in [0.5, 0.6) is 0 Å². The Labute approximate surface area is 115 Å². The molecule has 2 aromatic rings. The lowest BCUT2D eigenvalue weighted by atomic mass is 9.89. The Bertz CT molecular complexity index is 609. The van der Waals surface area contributed by atoms with Crippen molar-refractivity contribution < 1.29 is 9.13 Å². The second-order valence-corrected chi connectivity index (χ2v) is 4.88. The number of tetrazole rings is 1. The van der Waals surface area contributed by atoms with Crippen LogP contribution in [0.25, 0.3) is 11.4 Å². The van der Waals surface area contributed by atoms with E-state index in [1.165, 1.54) is 12.1 Å². The Morgan fingerprint density at radius 1 is 1.45 bits per heavy atom. The van der Waals surface area contributed by atoms with Gasteiger partial charge >= 0.3 is 0 Å². The molecule has 0 saturated heterocycles. The second kappa shape index (κ2) is 5.16. The standard InChI is InChI=1S/C13H16FN5O/c1-2-20-10-6-9(7-10)19-13(16-17-18-19)11-4-3-8(14)5-12(11)15/h3-5,9-10H,2,6-7,15H2,1H3. The van der Waals surface area contributed by atoms with Gasteiger partial charge in [0.05, 0.1) is 12.1 Å². The molecule has 1 aliphatic rings. The molecule has 1 saturated carbocycles. The van der Waals surface area contributed by atoms with Crippen LogP contribution in [0.3, 0.4) is 0 Å². The van der Waals surface area contributed by atoms with Gasteiger partial charge in [0.2, 0.25) is 0 Å². The SMILES string of the molecule is CCOC1CC(n2nnnc2-c2ccc(F)cc2N)C1. The molecule has 1 aromatic heterocycles. The van der Waals surface area contributed by atoms with E-state index < -0.39 is 0 Å².